The summed E-state index contributed by atoms with van der Waals surface area (Å²) in [6.07, 6.45) is 0. The highest BCUT2D eigenvalue weighted by Gasteiger charge is 2.09. The number of likely N-dealkylation sites (N-methyl/N-ethyl adjacent to an activating group) is 1. The van der Waals surface area contributed by atoms with Crippen LogP contribution in [0.5, 0.6) is 0 Å². The Labute approximate surface area is 109 Å². The zero-order valence-corrected chi connectivity index (χ0v) is 11.7. The van der Waals surface area contributed by atoms with Crippen LogP contribution in [-0.2, 0) is 4.74 Å². The quantitative estimate of drug-likeness (QED) is 0.847. The Balaban J connectivity index is 2.82. The summed E-state index contributed by atoms with van der Waals surface area (Å²) < 4.78 is 5.06. The molecule has 0 fully saturated rings. The van der Waals surface area contributed by atoms with Crippen molar-refractivity contribution in [1.82, 2.24) is 5.32 Å². The molecular formula is C13H21ClN2O. The second kappa shape index (κ2) is 6.84. The van der Waals surface area contributed by atoms with Crippen molar-refractivity contribution in [2.24, 2.45) is 0 Å². The van der Waals surface area contributed by atoms with Gasteiger partial charge in [-0.05, 0) is 31.7 Å². The molecular weight excluding hydrogens is 236 g/mol. The Morgan fingerprint density at radius 3 is 2.71 bits per heavy atom. The molecule has 1 unspecified atom stereocenters. The van der Waals surface area contributed by atoms with E-state index in [2.05, 4.69) is 29.3 Å². The summed E-state index contributed by atoms with van der Waals surface area (Å²) in [5.41, 5.74) is 2.23. The van der Waals surface area contributed by atoms with Gasteiger partial charge in [-0.15, -0.1) is 0 Å². The van der Waals surface area contributed by atoms with Crippen LogP contribution < -0.4 is 10.2 Å². The summed E-state index contributed by atoms with van der Waals surface area (Å²) >= 11 is 6.29. The van der Waals surface area contributed by atoms with Crippen LogP contribution in [0.1, 0.15) is 18.5 Å². The fourth-order valence-corrected chi connectivity index (χ4v) is 1.95. The molecule has 0 saturated heterocycles. The normalized spacial score (nSPS) is 12.5. The van der Waals surface area contributed by atoms with E-state index in [1.54, 1.807) is 7.11 Å². The van der Waals surface area contributed by atoms with Gasteiger partial charge in [0.25, 0.3) is 0 Å². The van der Waals surface area contributed by atoms with Crippen molar-refractivity contribution in [2.75, 3.05) is 39.3 Å². The predicted molar refractivity (Wildman–Crippen MR) is 74.1 cm³/mol. The third kappa shape index (κ3) is 3.87. The first-order chi connectivity index (χ1) is 8.10. The maximum absolute atomic E-state index is 6.29. The Bertz CT molecular complexity index is 357. The molecule has 0 aromatic heterocycles. The van der Waals surface area contributed by atoms with Gasteiger partial charge < -0.3 is 15.0 Å². The van der Waals surface area contributed by atoms with E-state index in [0.717, 1.165) is 17.3 Å². The van der Waals surface area contributed by atoms with Gasteiger partial charge in [-0.2, -0.15) is 0 Å². The van der Waals surface area contributed by atoms with Gasteiger partial charge in [-0.3, -0.25) is 0 Å². The molecule has 1 N–H and O–H groups in total. The molecule has 1 atom stereocenters. The zero-order chi connectivity index (χ0) is 12.8. The van der Waals surface area contributed by atoms with Crippen LogP contribution in [0.3, 0.4) is 0 Å². The highest BCUT2D eigenvalue weighted by Crippen LogP contribution is 2.28. The van der Waals surface area contributed by atoms with Gasteiger partial charge in [0.1, 0.15) is 0 Å². The number of anilines is 1. The van der Waals surface area contributed by atoms with Gasteiger partial charge in [-0.1, -0.05) is 17.7 Å². The van der Waals surface area contributed by atoms with Crippen molar-refractivity contribution in [3.63, 3.8) is 0 Å². The van der Waals surface area contributed by atoms with Crippen molar-refractivity contribution in [1.29, 1.82) is 0 Å². The number of halogens is 1. The number of hydrogen-bond donors (Lipinski definition) is 1. The second-order valence-electron chi connectivity index (χ2n) is 4.14. The van der Waals surface area contributed by atoms with Crippen LogP contribution in [0.4, 0.5) is 5.69 Å². The van der Waals surface area contributed by atoms with Crippen LogP contribution in [0, 0.1) is 0 Å². The number of hydrogen-bond acceptors (Lipinski definition) is 3. The van der Waals surface area contributed by atoms with Gasteiger partial charge in [0, 0.05) is 26.7 Å². The van der Waals surface area contributed by atoms with E-state index >= 15 is 0 Å². The molecule has 0 aliphatic rings. The van der Waals surface area contributed by atoms with E-state index in [1.165, 1.54) is 5.56 Å². The number of nitrogens with one attached hydrogen (secondary N) is 1. The van der Waals surface area contributed by atoms with Crippen molar-refractivity contribution in [3.05, 3.63) is 28.8 Å². The lowest BCUT2D eigenvalue weighted by Crippen LogP contribution is -2.22. The van der Waals surface area contributed by atoms with E-state index in [1.807, 2.05) is 20.2 Å². The lowest BCUT2D eigenvalue weighted by Gasteiger charge is -2.21. The van der Waals surface area contributed by atoms with Crippen LogP contribution in [-0.4, -0.2) is 34.4 Å². The number of ether oxygens (including phenoxy) is 1. The molecule has 0 radical (unpaired) electrons. The maximum Gasteiger partial charge on any atom is 0.0642 e. The summed E-state index contributed by atoms with van der Waals surface area (Å²) in [7, 11) is 5.66. The minimum atomic E-state index is 0.311. The van der Waals surface area contributed by atoms with Gasteiger partial charge >= 0.3 is 0 Å². The highest BCUT2D eigenvalue weighted by molar-refractivity contribution is 6.33. The van der Waals surface area contributed by atoms with E-state index in [4.69, 9.17) is 16.3 Å². The average molecular weight is 257 g/mol. The summed E-state index contributed by atoms with van der Waals surface area (Å²) in [4.78, 5) is 2.10. The fraction of sp³-hybridized carbons (Fsp3) is 0.538. The lowest BCUT2D eigenvalue weighted by atomic mass is 10.1. The number of benzene rings is 1. The molecule has 3 nitrogen and oxygen atoms in total. The third-order valence-corrected chi connectivity index (χ3v) is 3.25. The van der Waals surface area contributed by atoms with Gasteiger partial charge in [0.2, 0.25) is 0 Å². The van der Waals surface area contributed by atoms with Crippen molar-refractivity contribution < 1.29 is 4.74 Å². The van der Waals surface area contributed by atoms with Gasteiger partial charge in [0.05, 0.1) is 17.3 Å². The molecule has 0 spiro atoms. The maximum atomic E-state index is 6.29. The summed E-state index contributed by atoms with van der Waals surface area (Å²) in [5, 5.41) is 3.98. The van der Waals surface area contributed by atoms with Crippen LogP contribution in [0.15, 0.2) is 18.2 Å². The molecule has 96 valence electrons. The molecule has 0 heterocycles. The van der Waals surface area contributed by atoms with Gasteiger partial charge in [-0.25, -0.2) is 0 Å². The van der Waals surface area contributed by atoms with Crippen LogP contribution in [0.25, 0.3) is 0 Å². The molecule has 0 aliphatic carbocycles. The second-order valence-corrected chi connectivity index (χ2v) is 4.54. The first-order valence-corrected chi connectivity index (χ1v) is 6.14. The highest BCUT2D eigenvalue weighted by atomic mass is 35.5. The minimum absolute atomic E-state index is 0.311. The van der Waals surface area contributed by atoms with Crippen molar-refractivity contribution in [3.8, 4) is 0 Å². The van der Waals surface area contributed by atoms with E-state index < -0.39 is 0 Å². The lowest BCUT2D eigenvalue weighted by molar-refractivity contribution is 0.206. The monoisotopic (exact) mass is 256 g/mol. The third-order valence-electron chi connectivity index (χ3n) is 2.95. The summed E-state index contributed by atoms with van der Waals surface area (Å²) in [5.74, 6) is 0. The molecule has 0 aliphatic heterocycles. The number of rotatable bonds is 6. The molecule has 0 saturated carbocycles. The molecule has 1 rings (SSSR count). The van der Waals surface area contributed by atoms with Crippen molar-refractivity contribution in [2.45, 2.75) is 13.0 Å². The number of nitrogens with zero attached hydrogens (tertiary/aromatic N) is 1. The molecule has 17 heavy (non-hydrogen) atoms. The topological polar surface area (TPSA) is 24.5 Å². The summed E-state index contributed by atoms with van der Waals surface area (Å²) in [6.45, 7) is 3.64. The first kappa shape index (κ1) is 14.3. The van der Waals surface area contributed by atoms with Gasteiger partial charge in [0.15, 0.2) is 0 Å². The largest absolute Gasteiger partial charge is 0.383 e. The van der Waals surface area contributed by atoms with Crippen LogP contribution in [0.2, 0.25) is 5.02 Å². The standard InChI is InChI=1S/C13H21ClN2O/c1-10(15-2)11-5-6-13(12(14)9-11)16(3)7-8-17-4/h5-6,9-10,15H,7-8H2,1-4H3. The predicted octanol–water partition coefficient (Wildman–Crippen LogP) is 2.70. The molecule has 1 aromatic rings. The summed E-state index contributed by atoms with van der Waals surface area (Å²) in [6, 6.07) is 6.49. The van der Waals surface area contributed by atoms with E-state index in [0.29, 0.717) is 12.6 Å². The smallest absolute Gasteiger partial charge is 0.0642 e. The average Bonchev–Trinajstić information content (AvgIpc) is 2.34. The number of methoxy groups -OCH3 is 1. The zero-order valence-electron chi connectivity index (χ0n) is 11.0. The Hall–Kier alpha value is -0.770. The molecule has 4 heteroatoms. The molecule has 0 amide bonds. The van der Waals surface area contributed by atoms with Crippen molar-refractivity contribution >= 4 is 17.3 Å². The fourth-order valence-electron chi connectivity index (χ4n) is 1.62. The SMILES string of the molecule is CNC(C)c1ccc(N(C)CCOC)c(Cl)c1. The minimum Gasteiger partial charge on any atom is -0.383 e. The Kier molecular flexibility index (Phi) is 5.75. The Morgan fingerprint density at radius 2 is 2.18 bits per heavy atom. The van der Waals surface area contributed by atoms with Crippen LogP contribution >= 0.6 is 11.6 Å². The molecule has 1 aromatic carbocycles. The molecule has 0 bridgehead atoms. The Morgan fingerprint density at radius 1 is 1.47 bits per heavy atom. The van der Waals surface area contributed by atoms with E-state index in [9.17, 15) is 0 Å². The van der Waals surface area contributed by atoms with E-state index in [-0.39, 0.29) is 0 Å². The first-order valence-electron chi connectivity index (χ1n) is 5.77.